The van der Waals surface area contributed by atoms with Gasteiger partial charge in [0.1, 0.15) is 5.82 Å². The predicted octanol–water partition coefficient (Wildman–Crippen LogP) is 3.36. The molecule has 0 fully saturated rings. The number of amides is 1. The minimum absolute atomic E-state index is 0. The summed E-state index contributed by atoms with van der Waals surface area (Å²) in [4.78, 5) is 12.7. The Morgan fingerprint density at radius 3 is 2.38 bits per heavy atom. The van der Waals surface area contributed by atoms with Crippen molar-refractivity contribution in [3.05, 3.63) is 30.1 Å². The van der Waals surface area contributed by atoms with Crippen LogP contribution in [0.25, 0.3) is 0 Å². The Morgan fingerprint density at radius 2 is 1.86 bits per heavy atom. The van der Waals surface area contributed by atoms with Gasteiger partial charge < -0.3 is 11.1 Å². The van der Waals surface area contributed by atoms with Crippen LogP contribution in [-0.4, -0.2) is 23.7 Å². The molecule has 0 saturated heterocycles. The van der Waals surface area contributed by atoms with Crippen molar-refractivity contribution in [2.75, 3.05) is 12.3 Å². The third kappa shape index (κ3) is 7.69. The van der Waals surface area contributed by atoms with Gasteiger partial charge in [0.15, 0.2) is 0 Å². The molecule has 0 radical (unpaired) electrons. The molecule has 1 aromatic rings. The first-order chi connectivity index (χ1) is 9.49. The zero-order chi connectivity index (χ0) is 15.0. The summed E-state index contributed by atoms with van der Waals surface area (Å²) in [6.07, 6.45) is 2.12. The van der Waals surface area contributed by atoms with E-state index >= 15 is 0 Å². The maximum Gasteiger partial charge on any atom is 0.220 e. The molecule has 3 N–H and O–H groups in total. The number of carbonyl (C=O) groups excluding carboxylic acids is 1. The van der Waals surface area contributed by atoms with Gasteiger partial charge in [0.05, 0.1) is 0 Å². The van der Waals surface area contributed by atoms with Crippen molar-refractivity contribution < 1.29 is 9.18 Å². The van der Waals surface area contributed by atoms with Crippen LogP contribution >= 0.6 is 24.2 Å². The average molecular weight is 335 g/mol. The van der Waals surface area contributed by atoms with Crippen molar-refractivity contribution >= 4 is 30.1 Å². The molecule has 0 atom stereocenters. The molecular formula is C15H24ClFN2OS. The van der Waals surface area contributed by atoms with Gasteiger partial charge in [0.25, 0.3) is 0 Å². The molecule has 120 valence electrons. The van der Waals surface area contributed by atoms with Crippen molar-refractivity contribution in [3.63, 3.8) is 0 Å². The lowest BCUT2D eigenvalue weighted by Gasteiger charge is -2.26. The maximum atomic E-state index is 12.7. The minimum atomic E-state index is -0.306. The SMILES string of the molecule is CCC(N)(CC)CNC(=O)CCSc1ccc(F)cc1.Cl. The van der Waals surface area contributed by atoms with Crippen LogP contribution in [0.3, 0.4) is 0 Å². The van der Waals surface area contributed by atoms with Crippen molar-refractivity contribution in [1.29, 1.82) is 0 Å². The van der Waals surface area contributed by atoms with Gasteiger partial charge in [-0.25, -0.2) is 4.39 Å². The Labute approximate surface area is 136 Å². The number of thioether (sulfide) groups is 1. The van der Waals surface area contributed by atoms with Crippen LogP contribution in [0.1, 0.15) is 33.1 Å². The standard InChI is InChI=1S/C15H23FN2OS.ClH/c1-3-15(17,4-2)11-18-14(19)9-10-20-13-7-5-12(16)6-8-13;/h5-8H,3-4,9-11,17H2,1-2H3,(H,18,19);1H. The van der Waals surface area contributed by atoms with E-state index in [1.807, 2.05) is 13.8 Å². The third-order valence-electron chi connectivity index (χ3n) is 3.46. The number of hydrogen-bond acceptors (Lipinski definition) is 3. The Morgan fingerprint density at radius 1 is 1.29 bits per heavy atom. The number of carbonyl (C=O) groups is 1. The van der Waals surface area contributed by atoms with E-state index in [1.54, 1.807) is 23.9 Å². The minimum Gasteiger partial charge on any atom is -0.354 e. The molecule has 0 unspecified atom stereocenters. The fourth-order valence-electron chi connectivity index (χ4n) is 1.66. The van der Waals surface area contributed by atoms with Gasteiger partial charge in [0, 0.05) is 29.2 Å². The fraction of sp³-hybridized carbons (Fsp3) is 0.533. The quantitative estimate of drug-likeness (QED) is 0.717. The highest BCUT2D eigenvalue weighted by Crippen LogP contribution is 2.18. The van der Waals surface area contributed by atoms with Crippen LogP contribution in [-0.2, 0) is 4.79 Å². The number of nitrogens with two attached hydrogens (primary N) is 1. The highest BCUT2D eigenvalue weighted by atomic mass is 35.5. The van der Waals surface area contributed by atoms with Crippen molar-refractivity contribution in [1.82, 2.24) is 5.32 Å². The maximum absolute atomic E-state index is 12.7. The normalized spacial score (nSPS) is 10.9. The second-order valence-electron chi connectivity index (χ2n) is 4.90. The number of benzene rings is 1. The fourth-order valence-corrected chi connectivity index (χ4v) is 2.51. The highest BCUT2D eigenvalue weighted by Gasteiger charge is 2.20. The molecule has 0 saturated carbocycles. The van der Waals surface area contributed by atoms with E-state index in [0.717, 1.165) is 17.7 Å². The van der Waals surface area contributed by atoms with Crippen LogP contribution in [0.15, 0.2) is 29.2 Å². The van der Waals surface area contributed by atoms with Crippen LogP contribution in [0, 0.1) is 5.82 Å². The van der Waals surface area contributed by atoms with E-state index in [9.17, 15) is 9.18 Å². The monoisotopic (exact) mass is 334 g/mol. The summed E-state index contributed by atoms with van der Waals surface area (Å²) in [5.41, 5.74) is 5.82. The molecule has 0 aromatic heterocycles. The van der Waals surface area contributed by atoms with Crippen LogP contribution in [0.2, 0.25) is 0 Å². The summed E-state index contributed by atoms with van der Waals surface area (Å²) in [7, 11) is 0. The molecule has 0 heterocycles. The average Bonchev–Trinajstić information content (AvgIpc) is 2.47. The summed E-state index contributed by atoms with van der Waals surface area (Å²) in [5.74, 6) is 0.439. The lowest BCUT2D eigenvalue weighted by Crippen LogP contribution is -2.49. The van der Waals surface area contributed by atoms with Crippen LogP contribution < -0.4 is 11.1 Å². The first-order valence-electron chi connectivity index (χ1n) is 6.93. The first kappa shape index (κ1) is 20.2. The van der Waals surface area contributed by atoms with Gasteiger partial charge in [-0.2, -0.15) is 0 Å². The van der Waals surface area contributed by atoms with E-state index in [2.05, 4.69) is 5.32 Å². The first-order valence-corrected chi connectivity index (χ1v) is 7.91. The Hall–Kier alpha value is -0.780. The Balaban J connectivity index is 0.00000400. The number of hydrogen-bond donors (Lipinski definition) is 2. The summed E-state index contributed by atoms with van der Waals surface area (Å²) in [5, 5.41) is 2.88. The van der Waals surface area contributed by atoms with E-state index < -0.39 is 0 Å². The molecule has 3 nitrogen and oxygen atoms in total. The lowest BCUT2D eigenvalue weighted by atomic mass is 9.94. The lowest BCUT2D eigenvalue weighted by molar-refractivity contribution is -0.120. The number of rotatable bonds is 8. The number of nitrogens with one attached hydrogen (secondary N) is 1. The van der Waals surface area contributed by atoms with Gasteiger partial charge >= 0.3 is 0 Å². The molecule has 0 aliphatic carbocycles. The zero-order valence-corrected chi connectivity index (χ0v) is 14.2. The smallest absolute Gasteiger partial charge is 0.220 e. The van der Waals surface area contributed by atoms with Gasteiger partial charge in [-0.15, -0.1) is 24.2 Å². The molecule has 0 bridgehead atoms. The Kier molecular flexibility index (Phi) is 9.66. The topological polar surface area (TPSA) is 55.1 Å². The second-order valence-corrected chi connectivity index (χ2v) is 6.07. The predicted molar refractivity (Wildman–Crippen MR) is 89.5 cm³/mol. The van der Waals surface area contributed by atoms with Gasteiger partial charge in [0.2, 0.25) is 5.91 Å². The second kappa shape index (κ2) is 10.0. The molecule has 1 aromatic carbocycles. The van der Waals surface area contributed by atoms with Crippen LogP contribution in [0.5, 0.6) is 0 Å². The molecule has 1 rings (SSSR count). The number of halogens is 2. The summed E-state index contributed by atoms with van der Waals surface area (Å²) >= 11 is 1.54. The van der Waals surface area contributed by atoms with Crippen molar-refractivity contribution in [2.45, 2.75) is 43.5 Å². The molecule has 0 spiro atoms. The molecule has 21 heavy (non-hydrogen) atoms. The summed E-state index contributed by atoms with van der Waals surface area (Å²) in [6, 6.07) is 6.29. The van der Waals surface area contributed by atoms with E-state index in [4.69, 9.17) is 5.73 Å². The molecule has 6 heteroatoms. The van der Waals surface area contributed by atoms with Gasteiger partial charge in [-0.05, 0) is 37.1 Å². The third-order valence-corrected chi connectivity index (χ3v) is 4.47. The van der Waals surface area contributed by atoms with Crippen molar-refractivity contribution in [2.24, 2.45) is 5.73 Å². The Bertz CT molecular complexity index is 424. The zero-order valence-electron chi connectivity index (χ0n) is 12.5. The molecule has 0 aliphatic heterocycles. The molecule has 0 aliphatic rings. The summed E-state index contributed by atoms with van der Waals surface area (Å²) in [6.45, 7) is 4.57. The largest absolute Gasteiger partial charge is 0.354 e. The van der Waals surface area contributed by atoms with E-state index in [1.165, 1.54) is 12.1 Å². The van der Waals surface area contributed by atoms with Gasteiger partial charge in [-0.3, -0.25) is 4.79 Å². The summed E-state index contributed by atoms with van der Waals surface area (Å²) < 4.78 is 12.7. The van der Waals surface area contributed by atoms with E-state index in [0.29, 0.717) is 18.7 Å². The van der Waals surface area contributed by atoms with Gasteiger partial charge in [-0.1, -0.05) is 13.8 Å². The molecule has 1 amide bonds. The highest BCUT2D eigenvalue weighted by molar-refractivity contribution is 7.99. The van der Waals surface area contributed by atoms with E-state index in [-0.39, 0.29) is 29.7 Å². The van der Waals surface area contributed by atoms with Crippen LogP contribution in [0.4, 0.5) is 4.39 Å². The van der Waals surface area contributed by atoms with Crippen molar-refractivity contribution in [3.8, 4) is 0 Å². The molecular weight excluding hydrogens is 311 g/mol.